The van der Waals surface area contributed by atoms with Crippen LogP contribution in [-0.2, 0) is 9.53 Å². The first kappa shape index (κ1) is 29.6. The Labute approximate surface area is 270 Å². The van der Waals surface area contributed by atoms with Gasteiger partial charge in [-0.15, -0.1) is 23.5 Å². The van der Waals surface area contributed by atoms with E-state index in [2.05, 4.69) is 62.2 Å². The van der Waals surface area contributed by atoms with Gasteiger partial charge in [-0.1, -0.05) is 73.8 Å². The average Bonchev–Trinajstić information content (AvgIpc) is 3.52. The number of ether oxygens (including phenoxy) is 2. The predicted octanol–water partition coefficient (Wildman–Crippen LogP) is 8.77. The molecule has 0 amide bonds. The fourth-order valence-electron chi connectivity index (χ4n) is 6.48. The molecule has 0 spiro atoms. The summed E-state index contributed by atoms with van der Waals surface area (Å²) < 4.78 is 14.4. The number of hydrogen-bond donors (Lipinski definition) is 1. The third-order valence-electron chi connectivity index (χ3n) is 8.11. The molecule has 3 aromatic carbocycles. The molecule has 0 radical (unpaired) electrons. The van der Waals surface area contributed by atoms with Crippen LogP contribution in [0.15, 0.2) is 87.3 Å². The van der Waals surface area contributed by atoms with Crippen LogP contribution in [0.1, 0.15) is 41.6 Å². The van der Waals surface area contributed by atoms with Gasteiger partial charge >= 0.3 is 5.97 Å². The zero-order valence-corrected chi connectivity index (χ0v) is 27.8. The van der Waals surface area contributed by atoms with E-state index >= 15 is 0 Å². The zero-order valence-electron chi connectivity index (χ0n) is 22.2. The number of benzene rings is 3. The maximum Gasteiger partial charge on any atom is 0.335 e. The summed E-state index contributed by atoms with van der Waals surface area (Å²) in [5, 5.41) is 12.5. The summed E-state index contributed by atoms with van der Waals surface area (Å²) in [5.74, 6) is 1.15. The molecular weight excluding hydrogens is 708 g/mol. The molecule has 41 heavy (non-hydrogen) atoms. The Morgan fingerprint density at radius 3 is 2.29 bits per heavy atom. The summed E-state index contributed by atoms with van der Waals surface area (Å²) in [7, 11) is 0. The van der Waals surface area contributed by atoms with Gasteiger partial charge in [0.25, 0.3) is 0 Å². The first-order chi connectivity index (χ1) is 19.9. The second-order valence-electron chi connectivity index (χ2n) is 10.4. The van der Waals surface area contributed by atoms with Crippen LogP contribution in [0.4, 0.5) is 0 Å². The van der Waals surface area contributed by atoms with Crippen LogP contribution >= 0.6 is 67.0 Å². The van der Waals surface area contributed by atoms with E-state index in [0.29, 0.717) is 5.02 Å². The molecule has 4 nitrogen and oxygen atoms in total. The molecule has 2 aliphatic heterocycles. The minimum Gasteiger partial charge on any atom is -0.485 e. The number of fused-ring (bicyclic) bond motifs is 3. The molecule has 6 rings (SSSR count). The Morgan fingerprint density at radius 2 is 1.66 bits per heavy atom. The van der Waals surface area contributed by atoms with Gasteiger partial charge in [0.2, 0.25) is 0 Å². The van der Waals surface area contributed by atoms with Crippen LogP contribution in [0.3, 0.4) is 0 Å². The number of thioether (sulfide) groups is 2. The van der Waals surface area contributed by atoms with Crippen LogP contribution in [0.2, 0.25) is 5.02 Å². The van der Waals surface area contributed by atoms with E-state index in [1.54, 1.807) is 6.92 Å². The van der Waals surface area contributed by atoms with Crippen molar-refractivity contribution >= 4 is 73.0 Å². The van der Waals surface area contributed by atoms with E-state index < -0.39 is 18.0 Å². The van der Waals surface area contributed by atoms with E-state index in [1.165, 1.54) is 5.57 Å². The minimum atomic E-state index is -1.34. The molecule has 1 unspecified atom stereocenters. The second kappa shape index (κ2) is 12.7. The lowest BCUT2D eigenvalue weighted by atomic mass is 9.59. The lowest BCUT2D eigenvalue weighted by Gasteiger charge is -2.50. The molecule has 0 saturated carbocycles. The standard InChI is InChI=1S/C32H29Br2ClO4S2/c1-2-38-31(37)29(36)28-26(17-3-7-19(33)8-4-17)24(32-40-13-14-41-32)16-23-27(28)22-15-21(35)11-12-25(22)39-30(23)18-5-9-20(34)10-6-18/h3-12,15-16,23,26-30,32,36H,2,13-14H2,1H3/t23-,26+,27-,28-,29?,30+/m0/s1. The summed E-state index contributed by atoms with van der Waals surface area (Å²) in [6.07, 6.45) is 0.737. The summed E-state index contributed by atoms with van der Waals surface area (Å²) in [6.45, 7) is 1.97. The smallest absolute Gasteiger partial charge is 0.335 e. The fourth-order valence-corrected chi connectivity index (χ4v) is 10.2. The largest absolute Gasteiger partial charge is 0.485 e. The number of rotatable bonds is 6. The Balaban J connectivity index is 1.61. The molecule has 1 aliphatic carbocycles. The van der Waals surface area contributed by atoms with Crippen molar-refractivity contribution in [1.82, 2.24) is 0 Å². The lowest BCUT2D eigenvalue weighted by molar-refractivity contribution is -0.158. The number of halogens is 3. The van der Waals surface area contributed by atoms with Gasteiger partial charge in [0, 0.05) is 49.1 Å². The predicted molar refractivity (Wildman–Crippen MR) is 175 cm³/mol. The van der Waals surface area contributed by atoms with Crippen LogP contribution in [0, 0.1) is 11.8 Å². The van der Waals surface area contributed by atoms with Gasteiger partial charge in [0.05, 0.1) is 11.2 Å². The number of aliphatic hydroxyl groups excluding tert-OH is 1. The van der Waals surface area contributed by atoms with Gasteiger partial charge in [-0.05, 0) is 71.7 Å². The molecule has 9 heteroatoms. The van der Waals surface area contributed by atoms with E-state index in [-0.39, 0.29) is 35.0 Å². The van der Waals surface area contributed by atoms with E-state index in [4.69, 9.17) is 21.1 Å². The van der Waals surface area contributed by atoms with Gasteiger partial charge in [0.1, 0.15) is 11.9 Å². The highest BCUT2D eigenvalue weighted by Gasteiger charge is 2.54. The van der Waals surface area contributed by atoms with Crippen LogP contribution in [-0.4, -0.2) is 39.9 Å². The van der Waals surface area contributed by atoms with Crippen molar-refractivity contribution in [2.75, 3.05) is 18.1 Å². The van der Waals surface area contributed by atoms with Crippen molar-refractivity contribution in [2.45, 2.75) is 35.5 Å². The number of hydrogen-bond acceptors (Lipinski definition) is 6. The summed E-state index contributed by atoms with van der Waals surface area (Å²) in [6, 6.07) is 22.1. The Hall–Kier alpha value is -1.42. The molecule has 1 N–H and O–H groups in total. The molecule has 3 aromatic rings. The highest BCUT2D eigenvalue weighted by molar-refractivity contribution is 9.10. The summed E-state index contributed by atoms with van der Waals surface area (Å²) in [4.78, 5) is 13.4. The van der Waals surface area contributed by atoms with Crippen LogP contribution in [0.25, 0.3) is 0 Å². The van der Waals surface area contributed by atoms with Crippen LogP contribution < -0.4 is 4.74 Å². The van der Waals surface area contributed by atoms with E-state index in [1.807, 2.05) is 66.0 Å². The van der Waals surface area contributed by atoms with Crippen molar-refractivity contribution in [3.05, 3.63) is 109 Å². The van der Waals surface area contributed by atoms with E-state index in [9.17, 15) is 9.90 Å². The molecule has 0 aromatic heterocycles. The molecular formula is C32H29Br2ClO4S2. The van der Waals surface area contributed by atoms with Crippen LogP contribution in [0.5, 0.6) is 5.75 Å². The highest BCUT2D eigenvalue weighted by atomic mass is 79.9. The van der Waals surface area contributed by atoms with Gasteiger partial charge < -0.3 is 14.6 Å². The summed E-state index contributed by atoms with van der Waals surface area (Å²) >= 11 is 17.6. The first-order valence-electron chi connectivity index (χ1n) is 13.6. The molecule has 2 heterocycles. The Kier molecular flexibility index (Phi) is 9.16. The minimum absolute atomic E-state index is 0.139. The Morgan fingerprint density at radius 1 is 1.02 bits per heavy atom. The lowest BCUT2D eigenvalue weighted by Crippen LogP contribution is -2.47. The van der Waals surface area contributed by atoms with Crippen molar-refractivity contribution in [3.8, 4) is 5.75 Å². The van der Waals surface area contributed by atoms with Crippen molar-refractivity contribution < 1.29 is 19.4 Å². The highest BCUT2D eigenvalue weighted by Crippen LogP contribution is 2.61. The van der Waals surface area contributed by atoms with Crippen molar-refractivity contribution in [3.63, 3.8) is 0 Å². The average molecular weight is 737 g/mol. The summed E-state index contributed by atoms with van der Waals surface area (Å²) in [5.41, 5.74) is 4.24. The third-order valence-corrected chi connectivity index (χ3v) is 12.5. The molecule has 1 saturated heterocycles. The zero-order chi connectivity index (χ0) is 28.7. The normalized spacial score (nSPS) is 26.4. The van der Waals surface area contributed by atoms with Gasteiger partial charge in [-0.3, -0.25) is 0 Å². The number of aliphatic hydroxyl groups is 1. The quantitative estimate of drug-likeness (QED) is 0.202. The van der Waals surface area contributed by atoms with Gasteiger partial charge in [-0.25, -0.2) is 4.79 Å². The topological polar surface area (TPSA) is 55.8 Å². The maximum atomic E-state index is 13.4. The maximum absolute atomic E-state index is 13.4. The van der Waals surface area contributed by atoms with Crippen molar-refractivity contribution in [2.24, 2.45) is 11.8 Å². The second-order valence-corrected chi connectivity index (χ2v) is 15.4. The molecule has 3 aliphatic rings. The molecule has 1 fully saturated rings. The fraction of sp³-hybridized carbons (Fsp3) is 0.344. The number of esters is 1. The first-order valence-corrected chi connectivity index (χ1v) is 17.7. The number of carbonyl (C=O) groups is 1. The monoisotopic (exact) mass is 734 g/mol. The molecule has 0 bridgehead atoms. The van der Waals surface area contributed by atoms with Crippen molar-refractivity contribution in [1.29, 1.82) is 0 Å². The molecule has 214 valence electrons. The number of carbonyl (C=O) groups excluding carboxylic acids is 1. The SMILES string of the molecule is CCOC(=O)C(O)[C@@H]1[C@H]2c3cc(Cl)ccc3O[C@H](c3ccc(Br)cc3)[C@H]2C=C(C2SCCS2)[C@H]1c1ccc(Br)cc1. The van der Waals surface area contributed by atoms with E-state index in [0.717, 1.165) is 42.9 Å². The van der Waals surface area contributed by atoms with Gasteiger partial charge in [0.15, 0.2) is 6.10 Å². The Bertz CT molecular complexity index is 1440. The van der Waals surface area contributed by atoms with Gasteiger partial charge in [-0.2, -0.15) is 0 Å². The third kappa shape index (κ3) is 5.89. The molecule has 6 atom stereocenters.